The summed E-state index contributed by atoms with van der Waals surface area (Å²) in [5.41, 5.74) is -0.317. The van der Waals surface area contributed by atoms with Crippen molar-refractivity contribution < 1.29 is 42.9 Å². The van der Waals surface area contributed by atoms with E-state index < -0.39 is 47.4 Å². The maximum absolute atomic E-state index is 13.0. The van der Waals surface area contributed by atoms with Crippen molar-refractivity contribution >= 4 is 29.8 Å². The van der Waals surface area contributed by atoms with Crippen LogP contribution in [0.2, 0.25) is 0 Å². The number of rotatable bonds is 8. The van der Waals surface area contributed by atoms with Crippen LogP contribution in [0.4, 0.5) is 4.79 Å². The molecule has 1 aliphatic heterocycles. The molecule has 1 unspecified atom stereocenters. The predicted octanol–water partition coefficient (Wildman–Crippen LogP) is 3.17. The van der Waals surface area contributed by atoms with E-state index in [1.165, 1.54) is 29.2 Å². The standard InChI is InChI=1S/C25H33NO9/c1-6-32-21(28)17-10-8-16(9-11-17)19(27)20(23(30)33-7-2)34-22(29)18-12-14-26(15-13-18)24(31)35-25(3,4)5/h8-11,18,20H,6-7,12-15H2,1-5H3. The number of hydrogen-bond acceptors (Lipinski definition) is 9. The summed E-state index contributed by atoms with van der Waals surface area (Å²) in [6.07, 6.45) is -1.64. The van der Waals surface area contributed by atoms with Gasteiger partial charge in [-0.15, -0.1) is 0 Å². The van der Waals surface area contributed by atoms with E-state index in [2.05, 4.69) is 0 Å². The van der Waals surface area contributed by atoms with Crippen LogP contribution in [-0.4, -0.2) is 72.7 Å². The second kappa shape index (κ2) is 12.3. The van der Waals surface area contributed by atoms with Gasteiger partial charge in [0.15, 0.2) is 0 Å². The summed E-state index contributed by atoms with van der Waals surface area (Å²) in [6, 6.07) is 5.49. The van der Waals surface area contributed by atoms with E-state index >= 15 is 0 Å². The highest BCUT2D eigenvalue weighted by molar-refractivity contribution is 6.12. The Labute approximate surface area is 204 Å². The fourth-order valence-electron chi connectivity index (χ4n) is 3.40. The molecule has 10 heteroatoms. The van der Waals surface area contributed by atoms with Crippen LogP contribution in [0, 0.1) is 5.92 Å². The summed E-state index contributed by atoms with van der Waals surface area (Å²) in [6.45, 7) is 9.32. The molecule has 0 spiro atoms. The van der Waals surface area contributed by atoms with Crippen LogP contribution >= 0.6 is 0 Å². The van der Waals surface area contributed by atoms with Gasteiger partial charge in [0.1, 0.15) is 5.60 Å². The molecule has 2 rings (SSSR count). The summed E-state index contributed by atoms with van der Waals surface area (Å²) in [5.74, 6) is -3.60. The lowest BCUT2D eigenvalue weighted by Gasteiger charge is -2.32. The van der Waals surface area contributed by atoms with Gasteiger partial charge in [-0.05, 0) is 59.6 Å². The number of ether oxygens (including phenoxy) is 4. The third-order valence-electron chi connectivity index (χ3n) is 5.13. The molecule has 10 nitrogen and oxygen atoms in total. The lowest BCUT2D eigenvalue weighted by atomic mass is 9.97. The number of piperidine rings is 1. The first-order chi connectivity index (χ1) is 16.5. The maximum atomic E-state index is 13.0. The summed E-state index contributed by atoms with van der Waals surface area (Å²) in [4.78, 5) is 63.8. The highest BCUT2D eigenvalue weighted by Crippen LogP contribution is 2.22. The Hall–Kier alpha value is -3.43. The van der Waals surface area contributed by atoms with E-state index in [0.717, 1.165) is 0 Å². The fraction of sp³-hybridized carbons (Fsp3) is 0.560. The Morgan fingerprint density at radius 2 is 1.46 bits per heavy atom. The molecule has 192 valence electrons. The van der Waals surface area contributed by atoms with Crippen molar-refractivity contribution in [3.63, 3.8) is 0 Å². The Bertz CT molecular complexity index is 925. The van der Waals surface area contributed by atoms with E-state index in [-0.39, 0.29) is 37.4 Å². The molecule has 1 aliphatic rings. The van der Waals surface area contributed by atoms with Crippen molar-refractivity contribution in [3.8, 4) is 0 Å². The Morgan fingerprint density at radius 3 is 1.97 bits per heavy atom. The molecule has 1 atom stereocenters. The number of carbonyl (C=O) groups excluding carboxylic acids is 5. The molecule has 1 aromatic carbocycles. The first-order valence-electron chi connectivity index (χ1n) is 11.6. The molecular formula is C25H33NO9. The molecule has 1 aromatic rings. The number of benzene rings is 1. The smallest absolute Gasteiger partial charge is 0.410 e. The van der Waals surface area contributed by atoms with Crippen molar-refractivity contribution in [2.24, 2.45) is 5.92 Å². The van der Waals surface area contributed by atoms with Gasteiger partial charge in [-0.2, -0.15) is 0 Å². The second-order valence-corrected chi connectivity index (χ2v) is 8.97. The first-order valence-corrected chi connectivity index (χ1v) is 11.6. The van der Waals surface area contributed by atoms with Crippen molar-refractivity contribution in [1.82, 2.24) is 4.90 Å². The molecule has 0 bridgehead atoms. The van der Waals surface area contributed by atoms with E-state index in [1.54, 1.807) is 34.6 Å². The largest absolute Gasteiger partial charge is 0.463 e. The third-order valence-corrected chi connectivity index (χ3v) is 5.13. The molecule has 35 heavy (non-hydrogen) atoms. The molecule has 1 fully saturated rings. The zero-order valence-corrected chi connectivity index (χ0v) is 20.8. The third kappa shape index (κ3) is 8.08. The number of amides is 1. The number of esters is 3. The molecule has 0 N–H and O–H groups in total. The summed E-state index contributed by atoms with van der Waals surface area (Å²) < 4.78 is 20.5. The number of ketones is 1. The summed E-state index contributed by atoms with van der Waals surface area (Å²) >= 11 is 0. The first kappa shape index (κ1) is 27.8. The number of nitrogens with zero attached hydrogens (tertiary/aromatic N) is 1. The van der Waals surface area contributed by atoms with Gasteiger partial charge < -0.3 is 23.8 Å². The average Bonchev–Trinajstić information content (AvgIpc) is 2.81. The molecule has 1 saturated heterocycles. The van der Waals surface area contributed by atoms with Crippen LogP contribution in [0.25, 0.3) is 0 Å². The van der Waals surface area contributed by atoms with Crippen LogP contribution in [-0.2, 0) is 28.5 Å². The zero-order chi connectivity index (χ0) is 26.2. The number of likely N-dealkylation sites (tertiary alicyclic amines) is 1. The van der Waals surface area contributed by atoms with Gasteiger partial charge in [0.05, 0.1) is 24.7 Å². The van der Waals surface area contributed by atoms with Gasteiger partial charge in [-0.3, -0.25) is 9.59 Å². The molecule has 0 saturated carbocycles. The lowest BCUT2D eigenvalue weighted by molar-refractivity contribution is -0.167. The zero-order valence-electron chi connectivity index (χ0n) is 20.8. The van der Waals surface area contributed by atoms with Gasteiger partial charge in [-0.25, -0.2) is 14.4 Å². The fourth-order valence-corrected chi connectivity index (χ4v) is 3.40. The van der Waals surface area contributed by atoms with Gasteiger partial charge in [0.2, 0.25) is 5.78 Å². The molecule has 1 amide bonds. The van der Waals surface area contributed by atoms with Crippen LogP contribution < -0.4 is 0 Å². The Morgan fingerprint density at radius 1 is 0.914 bits per heavy atom. The molecule has 1 heterocycles. The predicted molar refractivity (Wildman–Crippen MR) is 124 cm³/mol. The van der Waals surface area contributed by atoms with Crippen LogP contribution in [0.3, 0.4) is 0 Å². The highest BCUT2D eigenvalue weighted by Gasteiger charge is 2.37. The van der Waals surface area contributed by atoms with Gasteiger partial charge in [-0.1, -0.05) is 12.1 Å². The maximum Gasteiger partial charge on any atom is 0.410 e. The molecule has 0 radical (unpaired) electrons. The van der Waals surface area contributed by atoms with Crippen molar-refractivity contribution in [2.45, 2.75) is 59.2 Å². The minimum absolute atomic E-state index is 0.00373. The lowest BCUT2D eigenvalue weighted by Crippen LogP contribution is -2.44. The van der Waals surface area contributed by atoms with E-state index in [1.807, 2.05) is 0 Å². The Balaban J connectivity index is 2.06. The monoisotopic (exact) mass is 491 g/mol. The van der Waals surface area contributed by atoms with Crippen LogP contribution in [0.15, 0.2) is 24.3 Å². The molecular weight excluding hydrogens is 458 g/mol. The van der Waals surface area contributed by atoms with Crippen molar-refractivity contribution in [2.75, 3.05) is 26.3 Å². The quantitative estimate of drug-likeness (QED) is 0.233. The van der Waals surface area contributed by atoms with E-state index in [0.29, 0.717) is 12.8 Å². The van der Waals surface area contributed by atoms with Gasteiger partial charge >= 0.3 is 24.0 Å². The average molecular weight is 492 g/mol. The van der Waals surface area contributed by atoms with Crippen LogP contribution in [0.1, 0.15) is 68.2 Å². The van der Waals surface area contributed by atoms with Gasteiger partial charge in [0.25, 0.3) is 6.10 Å². The van der Waals surface area contributed by atoms with Gasteiger partial charge in [0, 0.05) is 18.7 Å². The normalized spacial score (nSPS) is 15.1. The SMILES string of the molecule is CCOC(=O)c1ccc(C(=O)C(OC(=O)C2CCN(C(=O)OC(C)(C)C)CC2)C(=O)OCC)cc1. The van der Waals surface area contributed by atoms with Crippen molar-refractivity contribution in [1.29, 1.82) is 0 Å². The number of carbonyl (C=O) groups is 5. The van der Waals surface area contributed by atoms with Crippen LogP contribution in [0.5, 0.6) is 0 Å². The highest BCUT2D eigenvalue weighted by atomic mass is 16.6. The number of hydrogen-bond donors (Lipinski definition) is 0. The summed E-state index contributed by atoms with van der Waals surface area (Å²) in [5, 5.41) is 0. The molecule has 0 aromatic heterocycles. The molecule has 0 aliphatic carbocycles. The minimum atomic E-state index is -1.78. The van der Waals surface area contributed by atoms with E-state index in [9.17, 15) is 24.0 Å². The van der Waals surface area contributed by atoms with Crippen molar-refractivity contribution in [3.05, 3.63) is 35.4 Å². The summed E-state index contributed by atoms with van der Waals surface area (Å²) in [7, 11) is 0. The second-order valence-electron chi connectivity index (χ2n) is 8.97. The number of Topliss-reactive ketones (excluding diaryl/α,β-unsaturated/α-hetero) is 1. The topological polar surface area (TPSA) is 126 Å². The minimum Gasteiger partial charge on any atom is -0.463 e. The Kier molecular flexibility index (Phi) is 9.79. The van der Waals surface area contributed by atoms with E-state index in [4.69, 9.17) is 18.9 Å².